The van der Waals surface area contributed by atoms with Crippen molar-refractivity contribution in [1.29, 1.82) is 0 Å². The zero-order valence-corrected chi connectivity index (χ0v) is 18.7. The third-order valence-electron chi connectivity index (χ3n) is 4.19. The van der Waals surface area contributed by atoms with Gasteiger partial charge in [0.2, 0.25) is 5.91 Å². The van der Waals surface area contributed by atoms with Crippen LogP contribution in [0.3, 0.4) is 0 Å². The lowest BCUT2D eigenvalue weighted by atomic mass is 10.2. The smallest absolute Gasteiger partial charge is 0.262 e. The van der Waals surface area contributed by atoms with Crippen LogP contribution in [0, 0.1) is 0 Å². The van der Waals surface area contributed by atoms with Gasteiger partial charge in [0.05, 0.1) is 21.2 Å². The number of halogens is 2. The summed E-state index contributed by atoms with van der Waals surface area (Å²) in [6.45, 7) is 0. The molecular formula is C20H14Cl2N4O2S2. The number of amides is 1. The van der Waals surface area contributed by atoms with E-state index >= 15 is 0 Å². The molecule has 0 spiro atoms. The maximum Gasteiger partial charge on any atom is 0.262 e. The Morgan fingerprint density at radius 2 is 2.00 bits per heavy atom. The third kappa shape index (κ3) is 4.37. The Balaban J connectivity index is 1.54. The van der Waals surface area contributed by atoms with E-state index in [0.29, 0.717) is 20.4 Å². The third-order valence-corrected chi connectivity index (χ3v) is 6.79. The van der Waals surface area contributed by atoms with Gasteiger partial charge in [-0.1, -0.05) is 65.3 Å². The summed E-state index contributed by atoms with van der Waals surface area (Å²) < 4.78 is 1.45. The number of hydrogen-bond donors (Lipinski definition) is 1. The number of thiophene rings is 1. The molecule has 0 bridgehead atoms. The Labute approximate surface area is 189 Å². The van der Waals surface area contributed by atoms with Crippen molar-refractivity contribution in [3.05, 3.63) is 69.1 Å². The second-order valence-corrected chi connectivity index (χ2v) is 9.09. The number of nitrogens with one attached hydrogen (secondary N) is 1. The highest BCUT2D eigenvalue weighted by Crippen LogP contribution is 2.32. The molecule has 0 fully saturated rings. The number of pyridine rings is 1. The van der Waals surface area contributed by atoms with Gasteiger partial charge in [-0.2, -0.15) is 0 Å². The van der Waals surface area contributed by atoms with E-state index in [-0.39, 0.29) is 28.1 Å². The van der Waals surface area contributed by atoms with Gasteiger partial charge in [-0.25, -0.2) is 9.97 Å². The average molecular weight is 477 g/mol. The van der Waals surface area contributed by atoms with Crippen LogP contribution in [0.1, 0.15) is 0 Å². The Bertz CT molecular complexity index is 1310. The number of hydrogen-bond acceptors (Lipinski definition) is 6. The van der Waals surface area contributed by atoms with Crippen LogP contribution in [-0.4, -0.2) is 26.2 Å². The fraction of sp³-hybridized carbons (Fsp3) is 0.100. The molecule has 1 aromatic carbocycles. The molecule has 4 rings (SSSR count). The van der Waals surface area contributed by atoms with Crippen molar-refractivity contribution < 1.29 is 4.79 Å². The fourth-order valence-corrected chi connectivity index (χ4v) is 5.00. The lowest BCUT2D eigenvalue weighted by Crippen LogP contribution is -2.21. The molecule has 0 aliphatic carbocycles. The van der Waals surface area contributed by atoms with Crippen LogP contribution >= 0.6 is 46.3 Å². The molecule has 30 heavy (non-hydrogen) atoms. The van der Waals surface area contributed by atoms with Gasteiger partial charge in [0.1, 0.15) is 4.83 Å². The zero-order valence-electron chi connectivity index (χ0n) is 15.6. The fourth-order valence-electron chi connectivity index (χ4n) is 2.73. The average Bonchev–Trinajstić information content (AvgIpc) is 3.17. The molecule has 0 aliphatic heterocycles. The Morgan fingerprint density at radius 1 is 1.23 bits per heavy atom. The maximum absolute atomic E-state index is 12.8. The van der Waals surface area contributed by atoms with Crippen molar-refractivity contribution >= 4 is 68.2 Å². The van der Waals surface area contributed by atoms with Crippen molar-refractivity contribution in [1.82, 2.24) is 14.5 Å². The lowest BCUT2D eigenvalue weighted by molar-refractivity contribution is -0.113. The van der Waals surface area contributed by atoms with Crippen LogP contribution < -0.4 is 10.9 Å². The van der Waals surface area contributed by atoms with E-state index in [1.165, 1.54) is 39.9 Å². The van der Waals surface area contributed by atoms with Gasteiger partial charge in [0.15, 0.2) is 11.0 Å². The molecule has 4 aromatic rings. The molecule has 10 heteroatoms. The molecule has 3 heterocycles. The van der Waals surface area contributed by atoms with Gasteiger partial charge in [-0.05, 0) is 17.7 Å². The number of carbonyl (C=O) groups is 1. The molecule has 3 aromatic heterocycles. The first kappa shape index (κ1) is 20.9. The summed E-state index contributed by atoms with van der Waals surface area (Å²) >= 11 is 14.5. The summed E-state index contributed by atoms with van der Waals surface area (Å²) in [7, 11) is 1.65. The minimum Gasteiger partial charge on any atom is -0.309 e. The molecule has 1 amide bonds. The van der Waals surface area contributed by atoms with Gasteiger partial charge < -0.3 is 5.32 Å². The summed E-state index contributed by atoms with van der Waals surface area (Å²) in [6, 6.07) is 13.2. The Hall–Kier alpha value is -2.39. The molecule has 152 valence electrons. The molecule has 6 nitrogen and oxygen atoms in total. The monoisotopic (exact) mass is 476 g/mol. The second kappa shape index (κ2) is 8.77. The van der Waals surface area contributed by atoms with Gasteiger partial charge in [-0.3, -0.25) is 14.2 Å². The molecule has 0 saturated heterocycles. The summed E-state index contributed by atoms with van der Waals surface area (Å²) in [5.74, 6) is -0.0412. The van der Waals surface area contributed by atoms with Crippen LogP contribution in [-0.2, 0) is 11.8 Å². The van der Waals surface area contributed by atoms with E-state index in [1.54, 1.807) is 7.05 Å². The van der Waals surface area contributed by atoms with E-state index in [4.69, 9.17) is 23.2 Å². The van der Waals surface area contributed by atoms with E-state index in [9.17, 15) is 9.59 Å². The van der Waals surface area contributed by atoms with Crippen LogP contribution in [0.25, 0.3) is 20.7 Å². The molecule has 0 aliphatic rings. The highest BCUT2D eigenvalue weighted by Gasteiger charge is 2.15. The quantitative estimate of drug-likeness (QED) is 0.320. The second-order valence-electron chi connectivity index (χ2n) is 6.27. The molecule has 0 radical (unpaired) electrons. The first-order chi connectivity index (χ1) is 14.4. The first-order valence-electron chi connectivity index (χ1n) is 8.72. The minimum atomic E-state index is -0.317. The standard InChI is InChI=1S/C20H14Cl2N4O2S2/c1-26-19(28)13-8-15(11-5-3-2-4-6-11)30-18(13)25-20(26)29-10-16(27)24-17-14(22)7-12(21)9-23-17/h2-9H,10H2,1H3,(H,23,24,27). The van der Waals surface area contributed by atoms with Crippen LogP contribution in [0.4, 0.5) is 5.82 Å². The van der Waals surface area contributed by atoms with Crippen molar-refractivity contribution in [2.45, 2.75) is 5.16 Å². The SMILES string of the molecule is Cn1c(SCC(=O)Nc2ncc(Cl)cc2Cl)nc2sc(-c3ccccc3)cc2c1=O. The van der Waals surface area contributed by atoms with Crippen molar-refractivity contribution in [3.8, 4) is 10.4 Å². The highest BCUT2D eigenvalue weighted by molar-refractivity contribution is 7.99. The topological polar surface area (TPSA) is 76.9 Å². The van der Waals surface area contributed by atoms with Crippen LogP contribution in [0.5, 0.6) is 0 Å². The van der Waals surface area contributed by atoms with Crippen molar-refractivity contribution in [2.24, 2.45) is 7.05 Å². The minimum absolute atomic E-state index is 0.0450. The number of rotatable bonds is 5. The Morgan fingerprint density at radius 3 is 2.73 bits per heavy atom. The van der Waals surface area contributed by atoms with E-state index in [1.807, 2.05) is 36.4 Å². The molecule has 0 saturated carbocycles. The summed E-state index contributed by atoms with van der Waals surface area (Å²) in [5.41, 5.74) is 0.882. The van der Waals surface area contributed by atoms with E-state index in [2.05, 4.69) is 15.3 Å². The number of nitrogens with zero attached hydrogens (tertiary/aromatic N) is 3. The maximum atomic E-state index is 12.8. The summed E-state index contributed by atoms with van der Waals surface area (Å²) in [4.78, 5) is 35.3. The van der Waals surface area contributed by atoms with Crippen LogP contribution in [0.2, 0.25) is 10.0 Å². The number of thioether (sulfide) groups is 1. The molecule has 0 atom stereocenters. The zero-order chi connectivity index (χ0) is 21.3. The molecular weight excluding hydrogens is 463 g/mol. The summed E-state index contributed by atoms with van der Waals surface area (Å²) in [6.07, 6.45) is 1.40. The molecule has 1 N–H and O–H groups in total. The largest absolute Gasteiger partial charge is 0.309 e. The van der Waals surface area contributed by atoms with Gasteiger partial charge >= 0.3 is 0 Å². The molecule has 0 unspecified atom stereocenters. The number of carbonyl (C=O) groups excluding carboxylic acids is 1. The lowest BCUT2D eigenvalue weighted by Gasteiger charge is -2.08. The van der Waals surface area contributed by atoms with E-state index in [0.717, 1.165) is 10.4 Å². The first-order valence-corrected chi connectivity index (χ1v) is 11.3. The van der Waals surface area contributed by atoms with Crippen LogP contribution in [0.15, 0.2) is 58.6 Å². The van der Waals surface area contributed by atoms with Crippen molar-refractivity contribution in [2.75, 3.05) is 11.1 Å². The number of fused-ring (bicyclic) bond motifs is 1. The summed E-state index contributed by atoms with van der Waals surface area (Å²) in [5, 5.41) is 4.28. The normalized spacial score (nSPS) is 11.0. The predicted molar refractivity (Wildman–Crippen MR) is 124 cm³/mol. The van der Waals surface area contributed by atoms with Gasteiger partial charge in [0, 0.05) is 18.1 Å². The number of aromatic nitrogens is 3. The Kier molecular flexibility index (Phi) is 6.10. The predicted octanol–water partition coefficient (Wildman–Crippen LogP) is 5.09. The highest BCUT2D eigenvalue weighted by atomic mass is 35.5. The van der Waals surface area contributed by atoms with Crippen molar-refractivity contribution in [3.63, 3.8) is 0 Å². The van der Waals surface area contributed by atoms with Gasteiger partial charge in [-0.15, -0.1) is 11.3 Å². The van der Waals surface area contributed by atoms with E-state index < -0.39 is 0 Å². The number of anilines is 1. The van der Waals surface area contributed by atoms with Gasteiger partial charge in [0.25, 0.3) is 5.56 Å². The number of benzene rings is 1.